The maximum Gasteiger partial charge on any atom is 0.253 e. The second-order valence-electron chi connectivity index (χ2n) is 4.14. The molecule has 1 amide bonds. The molecular weight excluding hydrogens is 304 g/mol. The first-order valence-corrected chi connectivity index (χ1v) is 6.26. The smallest absolute Gasteiger partial charge is 0.253 e. The van der Waals surface area contributed by atoms with Crippen molar-refractivity contribution < 1.29 is 4.79 Å². The Morgan fingerprint density at radius 1 is 1.24 bits per heavy atom. The van der Waals surface area contributed by atoms with Crippen LogP contribution in [-0.4, -0.2) is 29.9 Å². The number of carbonyl (C=O) groups is 1. The zero-order valence-corrected chi connectivity index (χ0v) is 11.8. The Labute approximate surface area is 116 Å². The standard InChI is InChI=1S/C12H15BrN2O.ClH/c13-10-3-1-9(2-4-10)12(16)15-7-5-11(14)6-8-15;/h1-4,11H,5-8,14H2;1H. The number of piperidine rings is 1. The SMILES string of the molecule is Cl.NC1CCN(C(=O)c2ccc(Br)cc2)CC1. The third kappa shape index (κ3) is 3.69. The number of carbonyl (C=O) groups excluding carboxylic acids is 1. The lowest BCUT2D eigenvalue weighted by Gasteiger charge is -2.30. The number of hydrogen-bond acceptors (Lipinski definition) is 2. The predicted octanol–water partition coefficient (Wildman–Crippen LogP) is 2.43. The van der Waals surface area contributed by atoms with E-state index >= 15 is 0 Å². The van der Waals surface area contributed by atoms with Gasteiger partial charge >= 0.3 is 0 Å². The fourth-order valence-electron chi connectivity index (χ4n) is 1.88. The van der Waals surface area contributed by atoms with Crippen molar-refractivity contribution in [1.82, 2.24) is 4.90 Å². The van der Waals surface area contributed by atoms with Crippen molar-refractivity contribution in [1.29, 1.82) is 0 Å². The summed E-state index contributed by atoms with van der Waals surface area (Å²) in [7, 11) is 0. The third-order valence-corrected chi connectivity index (χ3v) is 3.45. The molecule has 0 saturated carbocycles. The van der Waals surface area contributed by atoms with E-state index in [4.69, 9.17) is 5.73 Å². The summed E-state index contributed by atoms with van der Waals surface area (Å²) in [5.74, 6) is 0.111. The number of rotatable bonds is 1. The molecular formula is C12H16BrClN2O. The van der Waals surface area contributed by atoms with Gasteiger partial charge in [-0.05, 0) is 37.1 Å². The Bertz CT molecular complexity index is 375. The molecule has 0 atom stereocenters. The lowest BCUT2D eigenvalue weighted by molar-refractivity contribution is 0.0715. The van der Waals surface area contributed by atoms with E-state index in [9.17, 15) is 4.79 Å². The summed E-state index contributed by atoms with van der Waals surface area (Å²) in [6.45, 7) is 1.55. The van der Waals surface area contributed by atoms with Gasteiger partial charge in [0.25, 0.3) is 5.91 Å². The van der Waals surface area contributed by atoms with Gasteiger partial charge in [0.15, 0.2) is 0 Å². The Balaban J connectivity index is 0.00000144. The molecule has 1 aliphatic rings. The third-order valence-electron chi connectivity index (χ3n) is 2.92. The van der Waals surface area contributed by atoms with Crippen LogP contribution in [0.15, 0.2) is 28.7 Å². The van der Waals surface area contributed by atoms with Crippen LogP contribution in [0.1, 0.15) is 23.2 Å². The average Bonchev–Trinajstić information content (AvgIpc) is 2.30. The Hall–Kier alpha value is -0.580. The molecule has 2 rings (SSSR count). The van der Waals surface area contributed by atoms with E-state index in [0.29, 0.717) is 0 Å². The topological polar surface area (TPSA) is 46.3 Å². The van der Waals surface area contributed by atoms with Crippen LogP contribution in [0.2, 0.25) is 0 Å². The normalized spacial score (nSPS) is 16.5. The molecule has 0 aliphatic carbocycles. The molecule has 94 valence electrons. The van der Waals surface area contributed by atoms with Crippen molar-refractivity contribution in [3.8, 4) is 0 Å². The summed E-state index contributed by atoms with van der Waals surface area (Å²) in [5.41, 5.74) is 6.56. The minimum Gasteiger partial charge on any atom is -0.339 e. The van der Waals surface area contributed by atoms with Gasteiger partial charge in [0.2, 0.25) is 0 Å². The molecule has 0 spiro atoms. The summed E-state index contributed by atoms with van der Waals surface area (Å²) < 4.78 is 0.990. The Morgan fingerprint density at radius 3 is 2.29 bits per heavy atom. The largest absolute Gasteiger partial charge is 0.339 e. The lowest BCUT2D eigenvalue weighted by Crippen LogP contribution is -2.42. The van der Waals surface area contributed by atoms with Crippen LogP contribution in [0, 0.1) is 0 Å². The minimum absolute atomic E-state index is 0. The van der Waals surface area contributed by atoms with E-state index in [-0.39, 0.29) is 24.4 Å². The van der Waals surface area contributed by atoms with E-state index in [1.165, 1.54) is 0 Å². The Morgan fingerprint density at radius 2 is 1.76 bits per heavy atom. The highest BCUT2D eigenvalue weighted by atomic mass is 79.9. The zero-order valence-electron chi connectivity index (χ0n) is 9.43. The number of amides is 1. The minimum atomic E-state index is 0. The molecule has 1 heterocycles. The lowest BCUT2D eigenvalue weighted by atomic mass is 10.1. The molecule has 0 aromatic heterocycles. The van der Waals surface area contributed by atoms with Crippen LogP contribution >= 0.6 is 28.3 Å². The van der Waals surface area contributed by atoms with Crippen molar-refractivity contribution in [2.75, 3.05) is 13.1 Å². The summed E-state index contributed by atoms with van der Waals surface area (Å²) in [5, 5.41) is 0. The molecule has 3 nitrogen and oxygen atoms in total. The van der Waals surface area contributed by atoms with Crippen molar-refractivity contribution in [3.63, 3.8) is 0 Å². The second-order valence-corrected chi connectivity index (χ2v) is 5.05. The average molecular weight is 320 g/mol. The first kappa shape index (κ1) is 14.5. The molecule has 1 aromatic rings. The van der Waals surface area contributed by atoms with Gasteiger partial charge in [-0.1, -0.05) is 15.9 Å². The highest BCUT2D eigenvalue weighted by Crippen LogP contribution is 2.15. The van der Waals surface area contributed by atoms with E-state index in [0.717, 1.165) is 36.0 Å². The number of halogens is 2. The van der Waals surface area contributed by atoms with Gasteiger partial charge in [-0.15, -0.1) is 12.4 Å². The Kier molecular flexibility index (Phi) is 5.43. The first-order chi connectivity index (χ1) is 7.66. The fourth-order valence-corrected chi connectivity index (χ4v) is 2.14. The monoisotopic (exact) mass is 318 g/mol. The zero-order chi connectivity index (χ0) is 11.5. The molecule has 0 bridgehead atoms. The van der Waals surface area contributed by atoms with Crippen molar-refractivity contribution in [2.24, 2.45) is 5.73 Å². The van der Waals surface area contributed by atoms with Crippen LogP contribution in [0.5, 0.6) is 0 Å². The van der Waals surface area contributed by atoms with Crippen LogP contribution in [-0.2, 0) is 0 Å². The molecule has 1 aliphatic heterocycles. The highest BCUT2D eigenvalue weighted by Gasteiger charge is 2.21. The van der Waals surface area contributed by atoms with Crippen molar-refractivity contribution in [2.45, 2.75) is 18.9 Å². The number of hydrogen-bond donors (Lipinski definition) is 1. The summed E-state index contributed by atoms with van der Waals surface area (Å²) >= 11 is 3.36. The molecule has 0 radical (unpaired) electrons. The van der Waals surface area contributed by atoms with Crippen LogP contribution in [0.3, 0.4) is 0 Å². The van der Waals surface area contributed by atoms with Crippen LogP contribution < -0.4 is 5.73 Å². The second kappa shape index (κ2) is 6.38. The van der Waals surface area contributed by atoms with Crippen molar-refractivity contribution >= 4 is 34.2 Å². The highest BCUT2D eigenvalue weighted by molar-refractivity contribution is 9.10. The maximum atomic E-state index is 12.1. The van der Waals surface area contributed by atoms with Gasteiger partial charge < -0.3 is 10.6 Å². The van der Waals surface area contributed by atoms with E-state index in [2.05, 4.69) is 15.9 Å². The van der Waals surface area contributed by atoms with Crippen molar-refractivity contribution in [3.05, 3.63) is 34.3 Å². The number of benzene rings is 1. The van der Waals surface area contributed by atoms with Gasteiger partial charge in [-0.25, -0.2) is 0 Å². The van der Waals surface area contributed by atoms with Gasteiger partial charge in [-0.3, -0.25) is 4.79 Å². The predicted molar refractivity (Wildman–Crippen MR) is 74.5 cm³/mol. The molecule has 1 fully saturated rings. The quantitative estimate of drug-likeness (QED) is 0.864. The van der Waals surface area contributed by atoms with E-state index < -0.39 is 0 Å². The number of nitrogens with two attached hydrogens (primary N) is 1. The van der Waals surface area contributed by atoms with Gasteiger partial charge in [0.1, 0.15) is 0 Å². The van der Waals surface area contributed by atoms with Crippen LogP contribution in [0.4, 0.5) is 0 Å². The van der Waals surface area contributed by atoms with Gasteiger partial charge in [0, 0.05) is 29.2 Å². The molecule has 2 N–H and O–H groups in total. The number of nitrogens with zero attached hydrogens (tertiary/aromatic N) is 1. The van der Waals surface area contributed by atoms with E-state index in [1.807, 2.05) is 29.2 Å². The molecule has 1 aromatic carbocycles. The molecule has 0 unspecified atom stereocenters. The number of likely N-dealkylation sites (tertiary alicyclic amines) is 1. The van der Waals surface area contributed by atoms with Gasteiger partial charge in [0.05, 0.1) is 0 Å². The summed E-state index contributed by atoms with van der Waals surface area (Å²) in [6.07, 6.45) is 1.81. The molecule has 17 heavy (non-hydrogen) atoms. The van der Waals surface area contributed by atoms with E-state index in [1.54, 1.807) is 0 Å². The first-order valence-electron chi connectivity index (χ1n) is 5.47. The summed E-state index contributed by atoms with van der Waals surface area (Å²) in [4.78, 5) is 14.0. The maximum absolute atomic E-state index is 12.1. The molecule has 5 heteroatoms. The molecule has 1 saturated heterocycles. The van der Waals surface area contributed by atoms with Gasteiger partial charge in [-0.2, -0.15) is 0 Å². The fraction of sp³-hybridized carbons (Fsp3) is 0.417. The summed E-state index contributed by atoms with van der Waals surface area (Å²) in [6, 6.07) is 7.74. The van der Waals surface area contributed by atoms with Crippen LogP contribution in [0.25, 0.3) is 0 Å².